The molecule has 0 saturated heterocycles. The molecule has 1 aromatic heterocycles. The van der Waals surface area contributed by atoms with Crippen LogP contribution in [0.5, 0.6) is 0 Å². The molecule has 0 aliphatic carbocycles. The number of nitrogens with zero attached hydrogens (tertiary/aromatic N) is 1. The van der Waals surface area contributed by atoms with Crippen LogP contribution in [0.1, 0.15) is 0 Å². The minimum Gasteiger partial charge on any atom is -0.422 e. The van der Waals surface area contributed by atoms with Gasteiger partial charge in [-0.3, -0.25) is 0 Å². The van der Waals surface area contributed by atoms with E-state index >= 15 is 0 Å². The van der Waals surface area contributed by atoms with Crippen LogP contribution in [-0.4, -0.2) is 21.7 Å². The first kappa shape index (κ1) is 7.30. The number of hydrogen-bond acceptors (Lipinski definition) is 2. The van der Waals surface area contributed by atoms with Gasteiger partial charge >= 0.3 is 7.12 Å². The van der Waals surface area contributed by atoms with Crippen molar-refractivity contribution >= 4 is 12.7 Å². The van der Waals surface area contributed by atoms with Crippen molar-refractivity contribution in [1.29, 1.82) is 0 Å². The van der Waals surface area contributed by atoms with E-state index in [-0.39, 0.29) is 5.59 Å². The first-order chi connectivity index (χ1) is 4.63. The van der Waals surface area contributed by atoms with Crippen LogP contribution in [0.25, 0.3) is 0 Å². The minimum atomic E-state index is -1.74. The van der Waals surface area contributed by atoms with Gasteiger partial charge in [-0.1, -0.05) is 0 Å². The van der Waals surface area contributed by atoms with Crippen LogP contribution in [0.2, 0.25) is 0 Å². The molecule has 0 atom stereocenters. The third kappa shape index (κ3) is 1.05. The number of aromatic nitrogens is 1. The van der Waals surface area contributed by atoms with Crippen molar-refractivity contribution in [2.24, 2.45) is 7.05 Å². The molecular formula is C5H7BFNO2. The standard InChI is InChI=1S/C5H7BFNO2/c1-8-3-2-4(7)5(8)6(9)10/h2-3,9-10H,1H3. The first-order valence-electron chi connectivity index (χ1n) is 2.80. The summed E-state index contributed by atoms with van der Waals surface area (Å²) in [7, 11) is -0.197. The van der Waals surface area contributed by atoms with Gasteiger partial charge in [0.1, 0.15) is 5.82 Å². The van der Waals surface area contributed by atoms with Gasteiger partial charge in [0, 0.05) is 13.2 Å². The van der Waals surface area contributed by atoms with Gasteiger partial charge in [0.05, 0.1) is 5.59 Å². The van der Waals surface area contributed by atoms with Crippen LogP contribution in [0.15, 0.2) is 12.3 Å². The highest BCUT2D eigenvalue weighted by molar-refractivity contribution is 6.57. The normalized spacial score (nSPS) is 10.0. The van der Waals surface area contributed by atoms with Gasteiger partial charge in [-0.15, -0.1) is 0 Å². The molecule has 0 unspecified atom stereocenters. The van der Waals surface area contributed by atoms with Crippen molar-refractivity contribution < 1.29 is 14.4 Å². The molecule has 0 aromatic carbocycles. The van der Waals surface area contributed by atoms with E-state index in [1.165, 1.54) is 23.9 Å². The zero-order chi connectivity index (χ0) is 7.72. The lowest BCUT2D eigenvalue weighted by Gasteiger charge is -1.99. The lowest BCUT2D eigenvalue weighted by molar-refractivity contribution is 0.419. The van der Waals surface area contributed by atoms with E-state index in [4.69, 9.17) is 10.0 Å². The Morgan fingerprint density at radius 3 is 2.40 bits per heavy atom. The maximum Gasteiger partial charge on any atom is 0.509 e. The molecule has 1 heterocycles. The predicted molar refractivity (Wildman–Crippen MR) is 35.2 cm³/mol. The van der Waals surface area contributed by atoms with Gasteiger partial charge in [-0.2, -0.15) is 0 Å². The molecule has 0 radical (unpaired) electrons. The van der Waals surface area contributed by atoms with E-state index in [2.05, 4.69) is 0 Å². The summed E-state index contributed by atoms with van der Waals surface area (Å²) in [6, 6.07) is 1.18. The summed E-state index contributed by atoms with van der Waals surface area (Å²) in [5, 5.41) is 17.1. The van der Waals surface area contributed by atoms with Crippen LogP contribution in [0.3, 0.4) is 0 Å². The van der Waals surface area contributed by atoms with E-state index in [0.29, 0.717) is 0 Å². The van der Waals surface area contributed by atoms with Crippen LogP contribution >= 0.6 is 0 Å². The SMILES string of the molecule is Cn1ccc(F)c1B(O)O. The lowest BCUT2D eigenvalue weighted by atomic mass is 9.86. The van der Waals surface area contributed by atoms with Crippen LogP contribution < -0.4 is 5.59 Å². The molecule has 0 aliphatic heterocycles. The number of aryl methyl sites for hydroxylation is 1. The molecule has 0 saturated carbocycles. The highest BCUT2D eigenvalue weighted by atomic mass is 19.1. The third-order valence-corrected chi connectivity index (χ3v) is 1.31. The monoisotopic (exact) mass is 143 g/mol. The molecule has 1 rings (SSSR count). The molecule has 54 valence electrons. The van der Waals surface area contributed by atoms with Gasteiger partial charge in [-0.05, 0) is 6.07 Å². The van der Waals surface area contributed by atoms with Crippen LogP contribution in [-0.2, 0) is 7.05 Å². The number of hydrogen-bond donors (Lipinski definition) is 2. The average molecular weight is 143 g/mol. The van der Waals surface area contributed by atoms with Crippen molar-refractivity contribution in [3.63, 3.8) is 0 Å². The Morgan fingerprint density at radius 2 is 2.20 bits per heavy atom. The fourth-order valence-corrected chi connectivity index (χ4v) is 0.817. The van der Waals surface area contributed by atoms with Crippen molar-refractivity contribution in [3.8, 4) is 0 Å². The Labute approximate surface area is 57.9 Å². The topological polar surface area (TPSA) is 45.4 Å². The van der Waals surface area contributed by atoms with Gasteiger partial charge in [0.2, 0.25) is 0 Å². The summed E-state index contributed by atoms with van der Waals surface area (Å²) >= 11 is 0. The zero-order valence-corrected chi connectivity index (χ0v) is 5.45. The molecule has 0 fully saturated rings. The molecule has 0 aliphatic rings. The smallest absolute Gasteiger partial charge is 0.422 e. The summed E-state index contributed by atoms with van der Waals surface area (Å²) in [6.07, 6.45) is 1.42. The van der Waals surface area contributed by atoms with E-state index in [1.807, 2.05) is 0 Å². The molecule has 0 spiro atoms. The molecular weight excluding hydrogens is 136 g/mol. The number of halogens is 1. The molecule has 1 aromatic rings. The van der Waals surface area contributed by atoms with Crippen molar-refractivity contribution in [3.05, 3.63) is 18.1 Å². The molecule has 3 nitrogen and oxygen atoms in total. The molecule has 0 bridgehead atoms. The second-order valence-corrected chi connectivity index (χ2v) is 2.03. The van der Waals surface area contributed by atoms with Crippen molar-refractivity contribution in [2.75, 3.05) is 0 Å². The quantitative estimate of drug-likeness (QED) is 0.487. The van der Waals surface area contributed by atoms with Crippen LogP contribution in [0, 0.1) is 5.82 Å². The predicted octanol–water partition coefficient (Wildman–Crippen LogP) is -1.16. The lowest BCUT2D eigenvalue weighted by Crippen LogP contribution is -2.37. The van der Waals surface area contributed by atoms with E-state index < -0.39 is 12.9 Å². The Kier molecular flexibility index (Phi) is 1.78. The largest absolute Gasteiger partial charge is 0.509 e. The molecule has 0 amide bonds. The minimum absolute atomic E-state index is 0.111. The Bertz CT molecular complexity index is 216. The summed E-state index contributed by atoms with van der Waals surface area (Å²) in [5.74, 6) is -0.600. The summed E-state index contributed by atoms with van der Waals surface area (Å²) in [6.45, 7) is 0. The van der Waals surface area contributed by atoms with Crippen LogP contribution in [0.4, 0.5) is 4.39 Å². The van der Waals surface area contributed by atoms with Crippen molar-refractivity contribution in [2.45, 2.75) is 0 Å². The maximum absolute atomic E-state index is 12.5. The first-order valence-corrected chi connectivity index (χ1v) is 2.80. The highest BCUT2D eigenvalue weighted by Gasteiger charge is 2.19. The summed E-state index contributed by atoms with van der Waals surface area (Å²) in [4.78, 5) is 0. The van der Waals surface area contributed by atoms with E-state index in [9.17, 15) is 4.39 Å². The second kappa shape index (κ2) is 2.44. The zero-order valence-electron chi connectivity index (χ0n) is 5.45. The third-order valence-electron chi connectivity index (χ3n) is 1.31. The maximum atomic E-state index is 12.5. The summed E-state index contributed by atoms with van der Waals surface area (Å²) < 4.78 is 13.8. The summed E-state index contributed by atoms with van der Waals surface area (Å²) in [5.41, 5.74) is -0.111. The fraction of sp³-hybridized carbons (Fsp3) is 0.200. The van der Waals surface area contributed by atoms with E-state index in [1.54, 1.807) is 0 Å². The Balaban J connectivity index is 3.10. The Hall–Kier alpha value is -0.805. The van der Waals surface area contributed by atoms with Gasteiger partial charge in [0.15, 0.2) is 0 Å². The van der Waals surface area contributed by atoms with Gasteiger partial charge < -0.3 is 14.6 Å². The van der Waals surface area contributed by atoms with Gasteiger partial charge in [-0.25, -0.2) is 4.39 Å². The number of rotatable bonds is 1. The highest BCUT2D eigenvalue weighted by Crippen LogP contribution is 1.93. The average Bonchev–Trinajstić information content (AvgIpc) is 2.11. The van der Waals surface area contributed by atoms with Gasteiger partial charge in [0.25, 0.3) is 0 Å². The molecule has 5 heteroatoms. The second-order valence-electron chi connectivity index (χ2n) is 2.03. The molecule has 2 N–H and O–H groups in total. The van der Waals surface area contributed by atoms with Crippen molar-refractivity contribution in [1.82, 2.24) is 4.57 Å². The molecule has 10 heavy (non-hydrogen) atoms. The van der Waals surface area contributed by atoms with E-state index in [0.717, 1.165) is 0 Å². The Morgan fingerprint density at radius 1 is 1.60 bits per heavy atom. The fourth-order valence-electron chi connectivity index (χ4n) is 0.817.